The molecule has 0 spiro atoms. The minimum atomic E-state index is -0.0901. The van der Waals surface area contributed by atoms with E-state index in [9.17, 15) is 10.1 Å². The molecule has 3 atom stereocenters. The number of hydrogen-bond donors (Lipinski definition) is 2. The number of anilines is 3. The number of likely N-dealkylation sites (N-methyl/N-ethyl adjacent to an activating group) is 1. The summed E-state index contributed by atoms with van der Waals surface area (Å²) in [7, 11) is 2.15. The summed E-state index contributed by atoms with van der Waals surface area (Å²) >= 11 is 1.52. The molecule has 4 aromatic heterocycles. The SMILES string of the molecule is CCCc1sc(N)c(C#N)c1C1CCCc2c(-c3nc(N4CCCC(C)C4)c4c(NC=O)nn(CC5CCCN5C)c4n3)noc21. The molecule has 2 fully saturated rings. The lowest BCUT2D eigenvalue weighted by atomic mass is 9.81. The van der Waals surface area contributed by atoms with E-state index in [-0.39, 0.29) is 5.92 Å². The van der Waals surface area contributed by atoms with Gasteiger partial charge in [0.15, 0.2) is 23.0 Å². The van der Waals surface area contributed by atoms with Crippen LogP contribution in [0.25, 0.3) is 22.6 Å². The van der Waals surface area contributed by atoms with Crippen molar-refractivity contribution < 1.29 is 9.32 Å². The van der Waals surface area contributed by atoms with Crippen molar-refractivity contribution in [2.24, 2.45) is 5.92 Å². The summed E-state index contributed by atoms with van der Waals surface area (Å²) in [6.45, 7) is 7.85. The van der Waals surface area contributed by atoms with Gasteiger partial charge in [0.05, 0.1) is 12.1 Å². The molecule has 12 nitrogen and oxygen atoms in total. The standard InChI is InChI=1S/C33H42N10O2S/c1-4-8-24-25(23(15-34)29(35)46-24)21-11-5-12-22-27(40-45-28(21)22)31-37-32(42-14-6-9-19(2)16-42)26-30(36-18-44)39-43(33(26)38-31)17-20-10-7-13-41(20)3/h18-21H,4-14,16-17,35H2,1-3H3,(H,36,39,44). The largest absolute Gasteiger partial charge is 0.389 e. The molecule has 4 aromatic rings. The summed E-state index contributed by atoms with van der Waals surface area (Å²) in [5, 5.41) is 23.8. The van der Waals surface area contributed by atoms with Crippen molar-refractivity contribution in [3.05, 3.63) is 27.3 Å². The Morgan fingerprint density at radius 1 is 1.20 bits per heavy atom. The Morgan fingerprint density at radius 3 is 2.78 bits per heavy atom. The quantitative estimate of drug-likeness (QED) is 0.229. The van der Waals surface area contributed by atoms with Gasteiger partial charge in [-0.25, -0.2) is 14.6 Å². The second-order valence-electron chi connectivity index (χ2n) is 13.2. The van der Waals surface area contributed by atoms with Crippen LogP contribution in [0.3, 0.4) is 0 Å². The number of aryl methyl sites for hydroxylation is 1. The van der Waals surface area contributed by atoms with E-state index < -0.39 is 0 Å². The summed E-state index contributed by atoms with van der Waals surface area (Å²) in [6.07, 6.45) is 9.55. The Labute approximate surface area is 272 Å². The average Bonchev–Trinajstić information content (AvgIpc) is 3.82. The molecule has 0 saturated carbocycles. The van der Waals surface area contributed by atoms with Crippen LogP contribution in [-0.4, -0.2) is 68.9 Å². The number of piperidine rings is 1. The minimum absolute atomic E-state index is 0.0901. The monoisotopic (exact) mass is 642 g/mol. The van der Waals surface area contributed by atoms with Crippen LogP contribution >= 0.6 is 11.3 Å². The molecular weight excluding hydrogens is 600 g/mol. The summed E-state index contributed by atoms with van der Waals surface area (Å²) in [5.41, 5.74) is 10.2. The summed E-state index contributed by atoms with van der Waals surface area (Å²) < 4.78 is 8.12. The first-order valence-corrected chi connectivity index (χ1v) is 17.5. The zero-order chi connectivity index (χ0) is 31.9. The van der Waals surface area contributed by atoms with Gasteiger partial charge in [0.25, 0.3) is 0 Å². The van der Waals surface area contributed by atoms with E-state index >= 15 is 0 Å². The van der Waals surface area contributed by atoms with E-state index in [4.69, 9.17) is 25.3 Å². The van der Waals surface area contributed by atoms with E-state index in [1.165, 1.54) is 17.8 Å². The average molecular weight is 643 g/mol. The van der Waals surface area contributed by atoms with Crippen LogP contribution in [0.2, 0.25) is 0 Å². The molecule has 0 bridgehead atoms. The van der Waals surface area contributed by atoms with Crippen LogP contribution in [0.4, 0.5) is 16.6 Å². The lowest BCUT2D eigenvalue weighted by molar-refractivity contribution is -0.105. The molecule has 0 aromatic carbocycles. The maximum Gasteiger partial charge on any atom is 0.212 e. The highest BCUT2D eigenvalue weighted by atomic mass is 32.1. The molecular formula is C33H42N10O2S. The van der Waals surface area contributed by atoms with Gasteiger partial charge in [-0.05, 0) is 76.4 Å². The highest BCUT2D eigenvalue weighted by Crippen LogP contribution is 2.47. The first-order valence-electron chi connectivity index (χ1n) is 16.7. The van der Waals surface area contributed by atoms with Gasteiger partial charge in [-0.15, -0.1) is 11.3 Å². The second-order valence-corrected chi connectivity index (χ2v) is 14.3. The molecule has 7 rings (SSSR count). The van der Waals surface area contributed by atoms with Crippen LogP contribution in [0.5, 0.6) is 0 Å². The number of nitrogens with zero attached hydrogens (tertiary/aromatic N) is 8. The van der Waals surface area contributed by atoms with Crippen LogP contribution in [0.15, 0.2) is 4.52 Å². The molecule has 242 valence electrons. The fraction of sp³-hybridized carbons (Fsp3) is 0.576. The summed E-state index contributed by atoms with van der Waals surface area (Å²) in [4.78, 5) is 27.9. The number of carbonyl (C=O) groups excluding carboxylic acids is 1. The summed E-state index contributed by atoms with van der Waals surface area (Å²) in [6, 6.07) is 2.71. The van der Waals surface area contributed by atoms with Crippen LogP contribution in [0, 0.1) is 17.2 Å². The molecule has 3 unspecified atom stereocenters. The highest BCUT2D eigenvalue weighted by molar-refractivity contribution is 7.16. The van der Waals surface area contributed by atoms with E-state index in [2.05, 4.69) is 47.2 Å². The number of hydrogen-bond acceptors (Lipinski definition) is 11. The van der Waals surface area contributed by atoms with Crippen molar-refractivity contribution in [2.45, 2.75) is 90.1 Å². The van der Waals surface area contributed by atoms with Gasteiger partial charge in [-0.1, -0.05) is 25.4 Å². The number of carbonyl (C=O) groups is 1. The van der Waals surface area contributed by atoms with Gasteiger partial charge in [0.2, 0.25) is 6.41 Å². The molecule has 46 heavy (non-hydrogen) atoms. The van der Waals surface area contributed by atoms with E-state index in [1.54, 1.807) is 0 Å². The van der Waals surface area contributed by atoms with Crippen molar-refractivity contribution in [3.63, 3.8) is 0 Å². The third-order valence-corrected chi connectivity index (χ3v) is 11.1. The first-order chi connectivity index (χ1) is 22.4. The number of rotatable bonds is 9. The summed E-state index contributed by atoms with van der Waals surface area (Å²) in [5.74, 6) is 2.96. The van der Waals surface area contributed by atoms with E-state index in [0.717, 1.165) is 104 Å². The van der Waals surface area contributed by atoms with E-state index in [0.29, 0.717) is 58.5 Å². The number of nitriles is 1. The minimum Gasteiger partial charge on any atom is -0.389 e. The number of amides is 1. The van der Waals surface area contributed by atoms with Crippen molar-refractivity contribution >= 4 is 45.4 Å². The maximum absolute atomic E-state index is 11.8. The van der Waals surface area contributed by atoms with Crippen LogP contribution in [0.1, 0.15) is 92.0 Å². The molecule has 13 heteroatoms. The van der Waals surface area contributed by atoms with Crippen molar-refractivity contribution in [1.82, 2.24) is 29.8 Å². The molecule has 2 aliphatic heterocycles. The third-order valence-electron chi connectivity index (χ3n) is 10.0. The number of thiophene rings is 1. The fourth-order valence-corrected chi connectivity index (χ4v) is 8.96. The fourth-order valence-electron chi connectivity index (χ4n) is 7.77. The predicted octanol–water partition coefficient (Wildman–Crippen LogP) is 5.32. The molecule has 1 amide bonds. The Hall–Kier alpha value is -4.02. The number of nitrogen functional groups attached to an aromatic ring is 1. The molecule has 2 saturated heterocycles. The normalized spacial score (nSPS) is 21.9. The lowest BCUT2D eigenvalue weighted by Crippen LogP contribution is -2.35. The smallest absolute Gasteiger partial charge is 0.212 e. The van der Waals surface area contributed by atoms with Gasteiger partial charge < -0.3 is 25.4 Å². The molecule has 1 aliphatic carbocycles. The van der Waals surface area contributed by atoms with Gasteiger partial charge in [0.1, 0.15) is 28.0 Å². The predicted molar refractivity (Wildman–Crippen MR) is 179 cm³/mol. The Morgan fingerprint density at radius 2 is 2.04 bits per heavy atom. The van der Waals surface area contributed by atoms with Crippen molar-refractivity contribution in [2.75, 3.05) is 42.6 Å². The van der Waals surface area contributed by atoms with Gasteiger partial charge in [0, 0.05) is 35.5 Å². The van der Waals surface area contributed by atoms with Crippen molar-refractivity contribution in [1.29, 1.82) is 5.26 Å². The highest BCUT2D eigenvalue weighted by Gasteiger charge is 2.36. The zero-order valence-electron chi connectivity index (χ0n) is 26.9. The van der Waals surface area contributed by atoms with Gasteiger partial charge >= 0.3 is 0 Å². The first kappa shape index (κ1) is 30.6. The number of nitrogens with one attached hydrogen (secondary N) is 1. The third kappa shape index (κ3) is 5.31. The molecule has 6 heterocycles. The Balaban J connectivity index is 1.39. The topological polar surface area (TPSA) is 155 Å². The molecule has 0 radical (unpaired) electrons. The second kappa shape index (κ2) is 12.6. The van der Waals surface area contributed by atoms with Crippen molar-refractivity contribution in [3.8, 4) is 17.6 Å². The van der Waals surface area contributed by atoms with Crippen LogP contribution in [-0.2, 0) is 24.2 Å². The Kier molecular flexibility index (Phi) is 8.42. The van der Waals surface area contributed by atoms with E-state index in [1.807, 2.05) is 4.68 Å². The number of aromatic nitrogens is 5. The number of fused-ring (bicyclic) bond motifs is 2. The molecule has 3 N–H and O–H groups in total. The Bertz CT molecular complexity index is 1800. The maximum atomic E-state index is 11.8. The van der Waals surface area contributed by atoms with Gasteiger partial charge in [-0.2, -0.15) is 10.4 Å². The van der Waals surface area contributed by atoms with Gasteiger partial charge in [-0.3, -0.25) is 4.79 Å². The van der Waals surface area contributed by atoms with Crippen LogP contribution < -0.4 is 16.0 Å². The number of likely N-dealkylation sites (tertiary alicyclic amines) is 1. The molecule has 3 aliphatic rings. The number of nitrogens with two attached hydrogens (primary N) is 1. The zero-order valence-corrected chi connectivity index (χ0v) is 27.7. The lowest BCUT2D eigenvalue weighted by Gasteiger charge is -2.32.